The molecule has 0 heterocycles. The second-order valence-corrected chi connectivity index (χ2v) is 3.58. The van der Waals surface area contributed by atoms with Crippen LogP contribution in [0, 0.1) is 10.1 Å². The van der Waals surface area contributed by atoms with E-state index in [9.17, 15) is 14.9 Å². The Labute approximate surface area is 94.8 Å². The first-order valence-electron chi connectivity index (χ1n) is 4.24. The molecule has 0 spiro atoms. The third-order valence-corrected chi connectivity index (χ3v) is 2.08. The van der Waals surface area contributed by atoms with Gasteiger partial charge in [-0.3, -0.25) is 14.9 Å². The van der Waals surface area contributed by atoms with Gasteiger partial charge in [0.25, 0.3) is 5.69 Å². The number of carbonyl (C=O) groups is 1. The molecule has 0 aliphatic rings. The lowest BCUT2D eigenvalue weighted by Gasteiger charge is -2.02. The van der Waals surface area contributed by atoms with Crippen LogP contribution in [-0.4, -0.2) is 16.2 Å². The number of halogens is 1. The predicted octanol–water partition coefficient (Wildman–Crippen LogP) is 2.32. The average molecular weight is 273 g/mol. The van der Waals surface area contributed by atoms with E-state index in [2.05, 4.69) is 21.2 Å². The first-order valence-corrected chi connectivity index (χ1v) is 5.36. The fourth-order valence-electron chi connectivity index (χ4n) is 0.976. The van der Waals surface area contributed by atoms with Gasteiger partial charge >= 0.3 is 0 Å². The van der Waals surface area contributed by atoms with E-state index in [4.69, 9.17) is 0 Å². The molecule has 1 aromatic rings. The maximum atomic E-state index is 11.2. The third-order valence-electron chi connectivity index (χ3n) is 1.68. The lowest BCUT2D eigenvalue weighted by Crippen LogP contribution is -2.11. The largest absolute Gasteiger partial charge is 0.326 e. The van der Waals surface area contributed by atoms with Gasteiger partial charge in [0.2, 0.25) is 5.91 Å². The van der Waals surface area contributed by atoms with Crippen molar-refractivity contribution in [2.45, 2.75) is 6.42 Å². The number of hydrogen-bond donors (Lipinski definition) is 1. The van der Waals surface area contributed by atoms with Crippen molar-refractivity contribution in [2.75, 3.05) is 10.6 Å². The molecule has 0 bridgehead atoms. The van der Waals surface area contributed by atoms with Gasteiger partial charge < -0.3 is 5.32 Å². The quantitative estimate of drug-likeness (QED) is 0.519. The predicted molar refractivity (Wildman–Crippen MR) is 60.1 cm³/mol. The minimum atomic E-state index is -0.482. The molecule has 1 amide bonds. The molecular weight excluding hydrogens is 264 g/mol. The van der Waals surface area contributed by atoms with Crippen LogP contribution < -0.4 is 5.32 Å². The monoisotopic (exact) mass is 272 g/mol. The number of nitrogens with one attached hydrogen (secondary N) is 1. The highest BCUT2D eigenvalue weighted by Gasteiger charge is 2.05. The van der Waals surface area contributed by atoms with E-state index in [0.29, 0.717) is 17.4 Å². The van der Waals surface area contributed by atoms with Crippen LogP contribution in [-0.2, 0) is 4.79 Å². The van der Waals surface area contributed by atoms with Gasteiger partial charge in [0, 0.05) is 29.6 Å². The Balaban J connectivity index is 2.64. The lowest BCUT2D eigenvalue weighted by molar-refractivity contribution is -0.384. The number of anilines is 1. The van der Waals surface area contributed by atoms with E-state index in [-0.39, 0.29) is 11.6 Å². The molecule has 1 rings (SSSR count). The summed E-state index contributed by atoms with van der Waals surface area (Å²) in [6.07, 6.45) is 0.372. The van der Waals surface area contributed by atoms with Gasteiger partial charge in [-0.2, -0.15) is 0 Å². The van der Waals surface area contributed by atoms with Crippen LogP contribution in [0.1, 0.15) is 6.42 Å². The lowest BCUT2D eigenvalue weighted by atomic mass is 10.3. The van der Waals surface area contributed by atoms with Crippen LogP contribution >= 0.6 is 15.9 Å². The van der Waals surface area contributed by atoms with Crippen LogP contribution in [0.3, 0.4) is 0 Å². The molecule has 1 aromatic carbocycles. The van der Waals surface area contributed by atoms with Gasteiger partial charge in [0.1, 0.15) is 0 Å². The highest BCUT2D eigenvalue weighted by molar-refractivity contribution is 9.09. The number of non-ortho nitro benzene ring substituents is 1. The highest BCUT2D eigenvalue weighted by Crippen LogP contribution is 2.15. The first-order chi connectivity index (χ1) is 7.13. The van der Waals surface area contributed by atoms with Crippen LogP contribution in [0.4, 0.5) is 11.4 Å². The van der Waals surface area contributed by atoms with Gasteiger partial charge in [0.05, 0.1) is 4.92 Å². The molecule has 0 saturated heterocycles. The Morgan fingerprint density at radius 1 is 1.40 bits per heavy atom. The Bertz CT molecular complexity index is 364. The zero-order valence-corrected chi connectivity index (χ0v) is 9.36. The molecule has 0 saturated carbocycles. The second-order valence-electron chi connectivity index (χ2n) is 2.79. The summed E-state index contributed by atoms with van der Waals surface area (Å²) in [7, 11) is 0. The summed E-state index contributed by atoms with van der Waals surface area (Å²) in [5, 5.41) is 13.6. The SMILES string of the molecule is O=C(CCBr)Nc1ccc([N+](=O)[O-])cc1. The summed E-state index contributed by atoms with van der Waals surface area (Å²) in [5.41, 5.74) is 0.569. The minimum absolute atomic E-state index is 0.00786. The zero-order chi connectivity index (χ0) is 11.3. The molecule has 0 unspecified atom stereocenters. The van der Waals surface area contributed by atoms with E-state index in [1.165, 1.54) is 24.3 Å². The second kappa shape index (κ2) is 5.45. The van der Waals surface area contributed by atoms with Gasteiger partial charge in [-0.25, -0.2) is 0 Å². The first kappa shape index (κ1) is 11.6. The van der Waals surface area contributed by atoms with Gasteiger partial charge in [0.15, 0.2) is 0 Å². The van der Waals surface area contributed by atoms with Crippen molar-refractivity contribution in [1.82, 2.24) is 0 Å². The number of alkyl halides is 1. The molecule has 6 heteroatoms. The maximum Gasteiger partial charge on any atom is 0.269 e. The van der Waals surface area contributed by atoms with Crippen LogP contribution in [0.2, 0.25) is 0 Å². The normalized spacial score (nSPS) is 9.67. The van der Waals surface area contributed by atoms with Gasteiger partial charge in [-0.05, 0) is 12.1 Å². The van der Waals surface area contributed by atoms with Crippen molar-refractivity contribution in [3.8, 4) is 0 Å². The number of nitro benzene ring substituents is 1. The Morgan fingerprint density at radius 3 is 2.47 bits per heavy atom. The van der Waals surface area contributed by atoms with E-state index < -0.39 is 4.92 Å². The zero-order valence-electron chi connectivity index (χ0n) is 7.77. The van der Waals surface area contributed by atoms with E-state index in [1.54, 1.807) is 0 Å². The molecule has 1 N–H and O–H groups in total. The Hall–Kier alpha value is -1.43. The van der Waals surface area contributed by atoms with Crippen molar-refractivity contribution in [3.05, 3.63) is 34.4 Å². The molecule has 5 nitrogen and oxygen atoms in total. The number of carbonyl (C=O) groups excluding carboxylic acids is 1. The summed E-state index contributed by atoms with van der Waals surface area (Å²) < 4.78 is 0. The number of nitro groups is 1. The number of amides is 1. The molecule has 0 aliphatic heterocycles. The summed E-state index contributed by atoms with van der Waals surface area (Å²) in [6.45, 7) is 0. The average Bonchev–Trinajstić information content (AvgIpc) is 2.18. The molecule has 0 radical (unpaired) electrons. The fraction of sp³-hybridized carbons (Fsp3) is 0.222. The van der Waals surface area contributed by atoms with Crippen molar-refractivity contribution >= 4 is 33.2 Å². The minimum Gasteiger partial charge on any atom is -0.326 e. The van der Waals surface area contributed by atoms with Crippen molar-refractivity contribution < 1.29 is 9.72 Å². The molecule has 0 fully saturated rings. The fourth-order valence-corrected chi connectivity index (χ4v) is 1.34. The standard InChI is InChI=1S/C9H9BrN2O3/c10-6-5-9(13)11-7-1-3-8(4-2-7)12(14)15/h1-4H,5-6H2,(H,11,13). The van der Waals surface area contributed by atoms with E-state index >= 15 is 0 Å². The number of nitrogens with zero attached hydrogens (tertiary/aromatic N) is 1. The van der Waals surface area contributed by atoms with Gasteiger partial charge in [-0.1, -0.05) is 15.9 Å². The molecule has 80 valence electrons. The maximum absolute atomic E-state index is 11.2. The van der Waals surface area contributed by atoms with E-state index in [0.717, 1.165) is 0 Å². The van der Waals surface area contributed by atoms with Crippen LogP contribution in [0.25, 0.3) is 0 Å². The third kappa shape index (κ3) is 3.67. The number of rotatable bonds is 4. The van der Waals surface area contributed by atoms with E-state index in [1.807, 2.05) is 0 Å². The summed E-state index contributed by atoms with van der Waals surface area (Å²) in [5.74, 6) is -0.124. The van der Waals surface area contributed by atoms with Crippen LogP contribution in [0.15, 0.2) is 24.3 Å². The molecule has 0 atom stereocenters. The van der Waals surface area contributed by atoms with Crippen molar-refractivity contribution in [2.24, 2.45) is 0 Å². The highest BCUT2D eigenvalue weighted by atomic mass is 79.9. The number of benzene rings is 1. The molecular formula is C9H9BrN2O3. The topological polar surface area (TPSA) is 72.2 Å². The Morgan fingerprint density at radius 2 is 2.00 bits per heavy atom. The Kier molecular flexibility index (Phi) is 4.23. The molecule has 0 aliphatic carbocycles. The van der Waals surface area contributed by atoms with Crippen LogP contribution in [0.5, 0.6) is 0 Å². The molecule has 0 aromatic heterocycles. The van der Waals surface area contributed by atoms with Gasteiger partial charge in [-0.15, -0.1) is 0 Å². The summed E-state index contributed by atoms with van der Waals surface area (Å²) in [4.78, 5) is 21.0. The number of hydrogen-bond acceptors (Lipinski definition) is 3. The smallest absolute Gasteiger partial charge is 0.269 e. The van der Waals surface area contributed by atoms with Crippen molar-refractivity contribution in [1.29, 1.82) is 0 Å². The molecule has 15 heavy (non-hydrogen) atoms. The van der Waals surface area contributed by atoms with Crippen molar-refractivity contribution in [3.63, 3.8) is 0 Å². The summed E-state index contributed by atoms with van der Waals surface area (Å²) in [6, 6.07) is 5.71. The summed E-state index contributed by atoms with van der Waals surface area (Å²) >= 11 is 3.14.